The average molecular weight is 433 g/mol. The van der Waals surface area contributed by atoms with Crippen LogP contribution >= 0.6 is 0 Å². The summed E-state index contributed by atoms with van der Waals surface area (Å²) in [5.74, 6) is -0.897. The first-order valence-corrected chi connectivity index (χ1v) is 9.78. The Morgan fingerprint density at radius 2 is 1.97 bits per heavy atom. The fourth-order valence-corrected chi connectivity index (χ4v) is 3.48. The number of fused-ring (bicyclic) bond motifs is 1. The van der Waals surface area contributed by atoms with E-state index in [9.17, 15) is 18.4 Å². The number of ether oxygens (including phenoxy) is 1. The molecule has 0 atom stereocenters. The van der Waals surface area contributed by atoms with E-state index in [0.29, 0.717) is 38.5 Å². The van der Waals surface area contributed by atoms with Crippen molar-refractivity contribution in [2.24, 2.45) is 0 Å². The quantitative estimate of drug-likeness (QED) is 0.659. The van der Waals surface area contributed by atoms with Crippen molar-refractivity contribution in [2.45, 2.75) is 26.8 Å². The molecule has 10 nitrogen and oxygen atoms in total. The van der Waals surface area contributed by atoms with Gasteiger partial charge in [-0.25, -0.2) is 18.3 Å². The van der Waals surface area contributed by atoms with Crippen molar-refractivity contribution in [1.82, 2.24) is 29.3 Å². The van der Waals surface area contributed by atoms with Gasteiger partial charge in [-0.2, -0.15) is 10.2 Å². The standard InChI is InChI=1S/C19H21F2N7O3/c1-3-27-15(19(30)26-4-6-31-7-5-26)13(10-22-27)25-18(29)12-9-23-28-14(16(20)21)8-11(2)24-17(12)28/h8-10,16H,3-7H2,1-2H3,(H,25,29). The Balaban J connectivity index is 1.67. The summed E-state index contributed by atoms with van der Waals surface area (Å²) in [5.41, 5.74) is 0.468. The van der Waals surface area contributed by atoms with E-state index >= 15 is 0 Å². The van der Waals surface area contributed by atoms with Crippen LogP contribution in [0.1, 0.15) is 45.6 Å². The van der Waals surface area contributed by atoms with Gasteiger partial charge in [0, 0.05) is 25.3 Å². The minimum absolute atomic E-state index is 0.0109. The number of aryl methyl sites for hydroxylation is 2. The lowest BCUT2D eigenvalue weighted by atomic mass is 10.2. The molecule has 0 aromatic carbocycles. The van der Waals surface area contributed by atoms with Crippen molar-refractivity contribution >= 4 is 23.1 Å². The van der Waals surface area contributed by atoms with E-state index in [1.54, 1.807) is 11.8 Å². The van der Waals surface area contributed by atoms with Gasteiger partial charge < -0.3 is 15.0 Å². The van der Waals surface area contributed by atoms with Crippen molar-refractivity contribution in [2.75, 3.05) is 31.6 Å². The molecular formula is C19H21F2N7O3. The topological polar surface area (TPSA) is 107 Å². The number of halogens is 2. The SMILES string of the molecule is CCn1ncc(NC(=O)c2cnn3c(C(F)F)cc(C)nc23)c1C(=O)N1CCOCC1. The summed E-state index contributed by atoms with van der Waals surface area (Å²) in [6.45, 7) is 5.57. The number of carbonyl (C=O) groups is 2. The number of hydrogen-bond acceptors (Lipinski definition) is 6. The highest BCUT2D eigenvalue weighted by Crippen LogP contribution is 2.23. The summed E-state index contributed by atoms with van der Waals surface area (Å²) < 4.78 is 34.4. The molecule has 164 valence electrons. The van der Waals surface area contributed by atoms with E-state index in [1.165, 1.54) is 23.1 Å². The number of aromatic nitrogens is 5. The molecule has 0 unspecified atom stereocenters. The zero-order valence-corrected chi connectivity index (χ0v) is 17.0. The van der Waals surface area contributed by atoms with Gasteiger partial charge in [0.25, 0.3) is 18.2 Å². The number of nitrogens with one attached hydrogen (secondary N) is 1. The molecule has 1 N–H and O–H groups in total. The highest BCUT2D eigenvalue weighted by atomic mass is 19.3. The summed E-state index contributed by atoms with van der Waals surface area (Å²) >= 11 is 0. The van der Waals surface area contributed by atoms with Crippen molar-refractivity contribution in [3.63, 3.8) is 0 Å². The first-order chi connectivity index (χ1) is 14.9. The fourth-order valence-electron chi connectivity index (χ4n) is 3.48. The third kappa shape index (κ3) is 3.85. The molecule has 4 heterocycles. The largest absolute Gasteiger partial charge is 0.378 e. The van der Waals surface area contributed by atoms with Crippen LogP contribution in [-0.4, -0.2) is 67.4 Å². The van der Waals surface area contributed by atoms with Gasteiger partial charge in [0.2, 0.25) is 0 Å². The van der Waals surface area contributed by atoms with Crippen LogP contribution in [0.25, 0.3) is 5.65 Å². The molecule has 4 rings (SSSR count). The van der Waals surface area contributed by atoms with Crippen LogP contribution in [0.4, 0.5) is 14.5 Å². The maximum absolute atomic E-state index is 13.3. The van der Waals surface area contributed by atoms with E-state index in [0.717, 1.165) is 4.52 Å². The third-order valence-corrected chi connectivity index (χ3v) is 4.98. The molecule has 1 saturated heterocycles. The Labute approximate surface area is 175 Å². The number of carbonyl (C=O) groups excluding carboxylic acids is 2. The number of rotatable bonds is 5. The highest BCUT2D eigenvalue weighted by molar-refractivity contribution is 6.11. The number of anilines is 1. The molecule has 12 heteroatoms. The molecule has 3 aromatic rings. The van der Waals surface area contributed by atoms with Crippen LogP contribution in [0.5, 0.6) is 0 Å². The number of morpholine rings is 1. The maximum atomic E-state index is 13.3. The van der Waals surface area contributed by atoms with Crippen LogP contribution < -0.4 is 5.32 Å². The first-order valence-electron chi connectivity index (χ1n) is 9.78. The minimum atomic E-state index is -2.78. The monoisotopic (exact) mass is 433 g/mol. The average Bonchev–Trinajstić information content (AvgIpc) is 3.36. The normalized spacial score (nSPS) is 14.4. The van der Waals surface area contributed by atoms with Crippen molar-refractivity contribution < 1.29 is 23.1 Å². The summed E-state index contributed by atoms with van der Waals surface area (Å²) in [6.07, 6.45) is -0.207. The van der Waals surface area contributed by atoms with Gasteiger partial charge in [0.1, 0.15) is 17.0 Å². The summed E-state index contributed by atoms with van der Waals surface area (Å²) in [6, 6.07) is 1.22. The number of nitrogens with zero attached hydrogens (tertiary/aromatic N) is 6. The van der Waals surface area contributed by atoms with Crippen LogP contribution in [-0.2, 0) is 11.3 Å². The van der Waals surface area contributed by atoms with E-state index in [2.05, 4.69) is 20.5 Å². The predicted octanol–water partition coefficient (Wildman–Crippen LogP) is 1.92. The smallest absolute Gasteiger partial charge is 0.280 e. The summed E-state index contributed by atoms with van der Waals surface area (Å²) in [5, 5.41) is 10.8. The van der Waals surface area contributed by atoms with Gasteiger partial charge in [0.15, 0.2) is 5.65 Å². The number of hydrogen-bond donors (Lipinski definition) is 1. The van der Waals surface area contributed by atoms with Crippen LogP contribution in [0.3, 0.4) is 0 Å². The highest BCUT2D eigenvalue weighted by Gasteiger charge is 2.27. The van der Waals surface area contributed by atoms with E-state index in [1.807, 2.05) is 6.92 Å². The zero-order valence-electron chi connectivity index (χ0n) is 17.0. The lowest BCUT2D eigenvalue weighted by Crippen LogP contribution is -2.41. The van der Waals surface area contributed by atoms with E-state index < -0.39 is 12.3 Å². The van der Waals surface area contributed by atoms with Crippen molar-refractivity contribution in [3.8, 4) is 0 Å². The molecule has 3 aromatic heterocycles. The second kappa shape index (κ2) is 8.38. The predicted molar refractivity (Wildman–Crippen MR) is 105 cm³/mol. The Morgan fingerprint density at radius 3 is 2.65 bits per heavy atom. The van der Waals surface area contributed by atoms with Crippen LogP contribution in [0.2, 0.25) is 0 Å². The zero-order chi connectivity index (χ0) is 22.1. The molecule has 0 saturated carbocycles. The Kier molecular flexibility index (Phi) is 5.63. The van der Waals surface area contributed by atoms with Gasteiger partial charge in [-0.05, 0) is 19.9 Å². The lowest BCUT2D eigenvalue weighted by Gasteiger charge is -2.27. The van der Waals surface area contributed by atoms with E-state index in [-0.39, 0.29) is 34.2 Å². The molecule has 0 radical (unpaired) electrons. The molecule has 1 aliphatic rings. The second-order valence-corrected chi connectivity index (χ2v) is 7.00. The second-order valence-electron chi connectivity index (χ2n) is 7.00. The van der Waals surface area contributed by atoms with Crippen molar-refractivity contribution in [1.29, 1.82) is 0 Å². The van der Waals surface area contributed by atoms with Gasteiger partial charge in [-0.15, -0.1) is 0 Å². The molecule has 0 spiro atoms. The molecule has 2 amide bonds. The molecular weight excluding hydrogens is 412 g/mol. The first kappa shape index (κ1) is 20.8. The number of alkyl halides is 2. The molecule has 1 fully saturated rings. The number of amides is 2. The molecule has 0 aliphatic carbocycles. The lowest BCUT2D eigenvalue weighted by molar-refractivity contribution is 0.0295. The molecule has 1 aliphatic heterocycles. The summed E-state index contributed by atoms with van der Waals surface area (Å²) in [4.78, 5) is 31.8. The van der Waals surface area contributed by atoms with Gasteiger partial charge in [-0.3, -0.25) is 14.3 Å². The van der Waals surface area contributed by atoms with Gasteiger partial charge in [0.05, 0.1) is 31.3 Å². The Bertz CT molecular complexity index is 1140. The van der Waals surface area contributed by atoms with Crippen molar-refractivity contribution in [3.05, 3.63) is 41.1 Å². The molecule has 0 bridgehead atoms. The van der Waals surface area contributed by atoms with E-state index in [4.69, 9.17) is 4.74 Å². The Hall–Kier alpha value is -3.41. The van der Waals surface area contributed by atoms with Gasteiger partial charge in [-0.1, -0.05) is 0 Å². The van der Waals surface area contributed by atoms with Crippen LogP contribution in [0, 0.1) is 6.92 Å². The fraction of sp³-hybridized carbons (Fsp3) is 0.421. The minimum Gasteiger partial charge on any atom is -0.378 e. The molecule has 31 heavy (non-hydrogen) atoms. The maximum Gasteiger partial charge on any atom is 0.280 e. The summed E-state index contributed by atoms with van der Waals surface area (Å²) in [7, 11) is 0. The third-order valence-electron chi connectivity index (χ3n) is 4.98. The van der Waals surface area contributed by atoms with Crippen LogP contribution in [0.15, 0.2) is 18.5 Å². The Morgan fingerprint density at radius 1 is 1.23 bits per heavy atom. The van der Waals surface area contributed by atoms with Gasteiger partial charge >= 0.3 is 0 Å².